The Balaban J connectivity index is 2.07. The molecule has 0 radical (unpaired) electrons. The highest BCUT2D eigenvalue weighted by molar-refractivity contribution is 5.36. The first-order valence-electron chi connectivity index (χ1n) is 7.92. The van der Waals surface area contributed by atoms with Crippen molar-refractivity contribution in [1.82, 2.24) is 15.0 Å². The fourth-order valence-corrected chi connectivity index (χ4v) is 2.41. The molecule has 1 aromatic rings. The van der Waals surface area contributed by atoms with Gasteiger partial charge in [-0.3, -0.25) is 0 Å². The van der Waals surface area contributed by atoms with E-state index in [9.17, 15) is 0 Å². The second-order valence-electron chi connectivity index (χ2n) is 6.06. The summed E-state index contributed by atoms with van der Waals surface area (Å²) in [6, 6.07) is 0.437. The molecule has 6 heteroatoms. The van der Waals surface area contributed by atoms with E-state index in [-0.39, 0.29) is 6.10 Å². The average Bonchev–Trinajstić information content (AvgIpc) is 2.47. The molecule has 118 valence electrons. The maximum absolute atomic E-state index is 5.99. The van der Waals surface area contributed by atoms with E-state index in [4.69, 9.17) is 4.74 Å². The minimum Gasteiger partial charge on any atom is -0.460 e. The van der Waals surface area contributed by atoms with Gasteiger partial charge >= 0.3 is 6.01 Å². The van der Waals surface area contributed by atoms with E-state index in [2.05, 4.69) is 34.1 Å². The molecule has 0 aromatic carbocycles. The van der Waals surface area contributed by atoms with Crippen molar-refractivity contribution in [2.75, 3.05) is 30.9 Å². The maximum Gasteiger partial charge on any atom is 0.323 e. The van der Waals surface area contributed by atoms with E-state index in [0.29, 0.717) is 17.9 Å². The summed E-state index contributed by atoms with van der Waals surface area (Å²) in [5, 5.41) is 3.21. The van der Waals surface area contributed by atoms with Crippen molar-refractivity contribution in [1.29, 1.82) is 0 Å². The van der Waals surface area contributed by atoms with E-state index in [1.54, 1.807) is 0 Å². The molecule has 0 spiro atoms. The standard InChI is InChI=1S/C15H27N5O/c1-5-10-16-13-17-14(20(3)4)19-15(18-13)21-12-8-6-11(2)7-9-12/h11-12H,5-10H2,1-4H3,(H,16,17,18,19). The van der Waals surface area contributed by atoms with Crippen LogP contribution < -0.4 is 15.0 Å². The highest BCUT2D eigenvalue weighted by Gasteiger charge is 2.21. The summed E-state index contributed by atoms with van der Waals surface area (Å²) in [5.41, 5.74) is 0. The molecular weight excluding hydrogens is 266 g/mol. The van der Waals surface area contributed by atoms with E-state index in [1.807, 2.05) is 19.0 Å². The first-order valence-corrected chi connectivity index (χ1v) is 7.92. The minimum absolute atomic E-state index is 0.234. The first-order chi connectivity index (χ1) is 10.1. The molecule has 21 heavy (non-hydrogen) atoms. The van der Waals surface area contributed by atoms with Gasteiger partial charge in [0.15, 0.2) is 0 Å². The Bertz CT molecular complexity index is 444. The first kappa shape index (κ1) is 15.8. The zero-order valence-electron chi connectivity index (χ0n) is 13.6. The Labute approximate surface area is 127 Å². The summed E-state index contributed by atoms with van der Waals surface area (Å²) in [4.78, 5) is 15.0. The van der Waals surface area contributed by atoms with Gasteiger partial charge in [0.25, 0.3) is 0 Å². The lowest BCUT2D eigenvalue weighted by atomic mass is 9.89. The lowest BCUT2D eigenvalue weighted by molar-refractivity contribution is 0.124. The lowest BCUT2D eigenvalue weighted by Crippen LogP contribution is -2.25. The van der Waals surface area contributed by atoms with Crippen LogP contribution in [-0.4, -0.2) is 41.7 Å². The number of hydrogen-bond donors (Lipinski definition) is 1. The molecule has 1 aliphatic carbocycles. The third kappa shape index (κ3) is 4.72. The fourth-order valence-electron chi connectivity index (χ4n) is 2.41. The van der Waals surface area contributed by atoms with Crippen LogP contribution in [0, 0.1) is 5.92 Å². The number of rotatable bonds is 6. The van der Waals surface area contributed by atoms with Crippen LogP contribution in [0.2, 0.25) is 0 Å². The Morgan fingerprint density at radius 1 is 1.14 bits per heavy atom. The zero-order valence-corrected chi connectivity index (χ0v) is 13.6. The molecule has 0 aliphatic heterocycles. The van der Waals surface area contributed by atoms with Crippen molar-refractivity contribution >= 4 is 11.9 Å². The number of nitrogens with zero attached hydrogens (tertiary/aromatic N) is 4. The Kier molecular flexibility index (Phi) is 5.59. The van der Waals surface area contributed by atoms with Gasteiger partial charge in [-0.25, -0.2) is 0 Å². The van der Waals surface area contributed by atoms with Crippen LogP contribution in [0.4, 0.5) is 11.9 Å². The Morgan fingerprint density at radius 2 is 1.86 bits per heavy atom. The van der Waals surface area contributed by atoms with Crippen molar-refractivity contribution in [3.8, 4) is 6.01 Å². The van der Waals surface area contributed by atoms with Crippen LogP contribution in [0.25, 0.3) is 0 Å². The number of nitrogens with one attached hydrogen (secondary N) is 1. The SMILES string of the molecule is CCCNc1nc(OC2CCC(C)CC2)nc(N(C)C)n1. The number of anilines is 2. The summed E-state index contributed by atoms with van der Waals surface area (Å²) in [7, 11) is 3.84. The molecule has 1 fully saturated rings. The molecule has 1 aromatic heterocycles. The van der Waals surface area contributed by atoms with Crippen molar-refractivity contribution in [3.63, 3.8) is 0 Å². The average molecular weight is 293 g/mol. The van der Waals surface area contributed by atoms with Crippen LogP contribution in [0.5, 0.6) is 6.01 Å². The van der Waals surface area contributed by atoms with Crippen LogP contribution in [0.3, 0.4) is 0 Å². The molecule has 1 saturated carbocycles. The fraction of sp³-hybridized carbons (Fsp3) is 0.800. The number of hydrogen-bond acceptors (Lipinski definition) is 6. The highest BCUT2D eigenvalue weighted by atomic mass is 16.5. The quantitative estimate of drug-likeness (QED) is 0.870. The van der Waals surface area contributed by atoms with Crippen LogP contribution in [0.15, 0.2) is 0 Å². The van der Waals surface area contributed by atoms with Crippen LogP contribution >= 0.6 is 0 Å². The third-order valence-electron chi connectivity index (χ3n) is 3.77. The highest BCUT2D eigenvalue weighted by Crippen LogP contribution is 2.26. The van der Waals surface area contributed by atoms with Crippen molar-refractivity contribution < 1.29 is 4.74 Å². The van der Waals surface area contributed by atoms with Gasteiger partial charge in [0.1, 0.15) is 6.10 Å². The maximum atomic E-state index is 5.99. The molecule has 6 nitrogen and oxygen atoms in total. The van der Waals surface area contributed by atoms with Gasteiger partial charge in [0.2, 0.25) is 11.9 Å². The smallest absolute Gasteiger partial charge is 0.323 e. The van der Waals surface area contributed by atoms with Crippen molar-refractivity contribution in [2.24, 2.45) is 5.92 Å². The van der Waals surface area contributed by atoms with Gasteiger partial charge < -0.3 is 15.0 Å². The summed E-state index contributed by atoms with van der Waals surface area (Å²) < 4.78 is 5.99. The predicted octanol–water partition coefficient (Wildman–Crippen LogP) is 2.72. The van der Waals surface area contributed by atoms with Gasteiger partial charge in [-0.15, -0.1) is 0 Å². The van der Waals surface area contributed by atoms with Crippen LogP contribution in [0.1, 0.15) is 46.0 Å². The summed E-state index contributed by atoms with van der Waals surface area (Å²) in [5.74, 6) is 2.03. The van der Waals surface area contributed by atoms with Gasteiger partial charge in [-0.2, -0.15) is 15.0 Å². The Hall–Kier alpha value is -1.59. The number of ether oxygens (including phenoxy) is 1. The van der Waals surface area contributed by atoms with Gasteiger partial charge in [-0.1, -0.05) is 13.8 Å². The summed E-state index contributed by atoms with van der Waals surface area (Å²) >= 11 is 0. The molecule has 1 heterocycles. The van der Waals surface area contributed by atoms with Gasteiger partial charge in [0, 0.05) is 20.6 Å². The van der Waals surface area contributed by atoms with E-state index >= 15 is 0 Å². The molecule has 0 bridgehead atoms. The topological polar surface area (TPSA) is 63.2 Å². The molecule has 2 rings (SSSR count). The van der Waals surface area contributed by atoms with Crippen LogP contribution in [-0.2, 0) is 0 Å². The van der Waals surface area contributed by atoms with E-state index in [1.165, 1.54) is 12.8 Å². The second kappa shape index (κ2) is 7.43. The molecule has 1 N–H and O–H groups in total. The molecule has 0 saturated heterocycles. The monoisotopic (exact) mass is 293 g/mol. The predicted molar refractivity (Wildman–Crippen MR) is 85.0 cm³/mol. The minimum atomic E-state index is 0.234. The lowest BCUT2D eigenvalue weighted by Gasteiger charge is -2.26. The third-order valence-corrected chi connectivity index (χ3v) is 3.77. The molecule has 0 amide bonds. The summed E-state index contributed by atoms with van der Waals surface area (Å²) in [6.07, 6.45) is 5.87. The van der Waals surface area contributed by atoms with Gasteiger partial charge in [-0.05, 0) is 38.0 Å². The molecule has 0 atom stereocenters. The van der Waals surface area contributed by atoms with Crippen molar-refractivity contribution in [3.05, 3.63) is 0 Å². The molecule has 1 aliphatic rings. The largest absolute Gasteiger partial charge is 0.460 e. The van der Waals surface area contributed by atoms with E-state index < -0.39 is 0 Å². The summed E-state index contributed by atoms with van der Waals surface area (Å²) in [6.45, 7) is 5.26. The molecule has 0 unspecified atom stereocenters. The zero-order chi connectivity index (χ0) is 15.2. The second-order valence-corrected chi connectivity index (χ2v) is 6.06. The van der Waals surface area contributed by atoms with Crippen molar-refractivity contribution in [2.45, 2.75) is 52.1 Å². The molecular formula is C15H27N5O. The Morgan fingerprint density at radius 3 is 2.48 bits per heavy atom. The normalized spacial score (nSPS) is 21.9. The number of aromatic nitrogens is 3. The van der Waals surface area contributed by atoms with Gasteiger partial charge in [0.05, 0.1) is 0 Å². The van der Waals surface area contributed by atoms with E-state index in [0.717, 1.165) is 31.7 Å².